The number of benzene rings is 2. The monoisotopic (exact) mass is 445 g/mol. The SMILES string of the molecule is Fc1ccc(CN2CCN(Cc3csc(-c4ccc5c(c4)OCO5)n3)CC2)c(Cl)c1. The Morgan fingerprint density at radius 3 is 2.53 bits per heavy atom. The quantitative estimate of drug-likeness (QED) is 0.571. The molecule has 3 heterocycles. The van der Waals surface area contributed by atoms with Gasteiger partial charge in [0, 0.05) is 55.2 Å². The van der Waals surface area contributed by atoms with Gasteiger partial charge in [-0.2, -0.15) is 0 Å². The Balaban J connectivity index is 1.16. The topological polar surface area (TPSA) is 37.8 Å². The number of hydrogen-bond donors (Lipinski definition) is 0. The number of piperazine rings is 1. The highest BCUT2D eigenvalue weighted by atomic mass is 35.5. The second-order valence-electron chi connectivity index (χ2n) is 7.50. The molecule has 5 rings (SSSR count). The number of thiazole rings is 1. The molecule has 1 saturated heterocycles. The van der Waals surface area contributed by atoms with Gasteiger partial charge in [-0.15, -0.1) is 11.3 Å². The van der Waals surface area contributed by atoms with E-state index in [1.807, 2.05) is 18.2 Å². The third kappa shape index (κ3) is 4.30. The van der Waals surface area contributed by atoms with Gasteiger partial charge in [0.05, 0.1) is 5.69 Å². The summed E-state index contributed by atoms with van der Waals surface area (Å²) in [6, 6.07) is 10.6. The van der Waals surface area contributed by atoms with Gasteiger partial charge in [0.1, 0.15) is 10.8 Å². The maximum Gasteiger partial charge on any atom is 0.231 e. The summed E-state index contributed by atoms with van der Waals surface area (Å²) in [6.07, 6.45) is 0. The fraction of sp³-hybridized carbons (Fsp3) is 0.318. The lowest BCUT2D eigenvalue weighted by Crippen LogP contribution is -2.45. The first-order valence-electron chi connectivity index (χ1n) is 9.87. The lowest BCUT2D eigenvalue weighted by Gasteiger charge is -2.34. The molecule has 2 aliphatic heterocycles. The first-order valence-corrected chi connectivity index (χ1v) is 11.1. The Labute approximate surface area is 183 Å². The fourth-order valence-electron chi connectivity index (χ4n) is 3.77. The third-order valence-corrected chi connectivity index (χ3v) is 6.72. The molecule has 0 radical (unpaired) electrons. The summed E-state index contributed by atoms with van der Waals surface area (Å²) in [5, 5.41) is 3.62. The van der Waals surface area contributed by atoms with Crippen molar-refractivity contribution in [2.24, 2.45) is 0 Å². The van der Waals surface area contributed by atoms with E-state index < -0.39 is 0 Å². The van der Waals surface area contributed by atoms with Gasteiger partial charge in [0.15, 0.2) is 11.5 Å². The van der Waals surface area contributed by atoms with E-state index in [9.17, 15) is 4.39 Å². The normalized spacial score (nSPS) is 16.9. The van der Waals surface area contributed by atoms with Crippen molar-refractivity contribution in [3.05, 3.63) is 63.9 Å². The molecule has 0 N–H and O–H groups in total. The molecule has 1 aromatic heterocycles. The summed E-state index contributed by atoms with van der Waals surface area (Å²) in [5.74, 6) is 1.27. The van der Waals surface area contributed by atoms with Crippen LogP contribution in [-0.2, 0) is 13.1 Å². The van der Waals surface area contributed by atoms with Gasteiger partial charge in [-0.05, 0) is 35.9 Å². The van der Waals surface area contributed by atoms with Gasteiger partial charge in [-0.3, -0.25) is 9.80 Å². The Bertz CT molecular complexity index is 1050. The largest absolute Gasteiger partial charge is 0.454 e. The van der Waals surface area contributed by atoms with Gasteiger partial charge in [0.25, 0.3) is 0 Å². The molecule has 0 atom stereocenters. The van der Waals surface area contributed by atoms with E-state index in [4.69, 9.17) is 26.1 Å². The molecular formula is C22H21ClFN3O2S. The first-order chi connectivity index (χ1) is 14.6. The van der Waals surface area contributed by atoms with E-state index in [1.165, 1.54) is 12.1 Å². The number of ether oxygens (including phenoxy) is 2. The van der Waals surface area contributed by atoms with Crippen molar-refractivity contribution in [2.45, 2.75) is 13.1 Å². The van der Waals surface area contributed by atoms with E-state index in [0.717, 1.165) is 72.6 Å². The highest BCUT2D eigenvalue weighted by Crippen LogP contribution is 2.36. The van der Waals surface area contributed by atoms with Gasteiger partial charge in [-0.25, -0.2) is 9.37 Å². The van der Waals surface area contributed by atoms with E-state index in [1.54, 1.807) is 17.4 Å². The molecule has 2 aromatic carbocycles. The predicted molar refractivity (Wildman–Crippen MR) is 116 cm³/mol. The van der Waals surface area contributed by atoms with Crippen LogP contribution in [0.15, 0.2) is 41.8 Å². The smallest absolute Gasteiger partial charge is 0.231 e. The van der Waals surface area contributed by atoms with Gasteiger partial charge in [0.2, 0.25) is 6.79 Å². The molecular weight excluding hydrogens is 425 g/mol. The van der Waals surface area contributed by atoms with Crippen molar-refractivity contribution < 1.29 is 13.9 Å². The number of fused-ring (bicyclic) bond motifs is 1. The Hall–Kier alpha value is -2.19. The van der Waals surface area contributed by atoms with Crippen molar-refractivity contribution in [2.75, 3.05) is 33.0 Å². The average molecular weight is 446 g/mol. The summed E-state index contributed by atoms with van der Waals surface area (Å²) in [4.78, 5) is 9.59. The number of nitrogens with zero attached hydrogens (tertiary/aromatic N) is 3. The fourth-order valence-corrected chi connectivity index (χ4v) is 4.80. The van der Waals surface area contributed by atoms with Crippen molar-refractivity contribution >= 4 is 22.9 Å². The molecule has 30 heavy (non-hydrogen) atoms. The molecule has 0 aliphatic carbocycles. The maximum absolute atomic E-state index is 13.2. The molecule has 0 saturated carbocycles. The lowest BCUT2D eigenvalue weighted by molar-refractivity contribution is 0.121. The molecule has 8 heteroatoms. The van der Waals surface area contributed by atoms with E-state index >= 15 is 0 Å². The van der Waals surface area contributed by atoms with E-state index in [2.05, 4.69) is 15.2 Å². The van der Waals surface area contributed by atoms with Crippen molar-refractivity contribution in [3.63, 3.8) is 0 Å². The third-order valence-electron chi connectivity index (χ3n) is 5.43. The average Bonchev–Trinajstić information content (AvgIpc) is 3.40. The Morgan fingerprint density at radius 1 is 0.967 bits per heavy atom. The zero-order valence-corrected chi connectivity index (χ0v) is 17.9. The molecule has 0 amide bonds. The van der Waals surface area contributed by atoms with E-state index in [-0.39, 0.29) is 12.6 Å². The standard InChI is InChI=1S/C22H21ClFN3O2S/c23-19-10-17(24)3-1-16(19)11-26-5-7-27(8-6-26)12-18-13-30-22(25-18)15-2-4-20-21(9-15)29-14-28-20/h1-4,9-10,13H,5-8,11-12,14H2. The van der Waals surface area contributed by atoms with Crippen molar-refractivity contribution in [1.82, 2.24) is 14.8 Å². The summed E-state index contributed by atoms with van der Waals surface area (Å²) in [7, 11) is 0. The zero-order valence-electron chi connectivity index (χ0n) is 16.3. The van der Waals surface area contributed by atoms with Gasteiger partial charge < -0.3 is 9.47 Å². The van der Waals surface area contributed by atoms with Crippen molar-refractivity contribution in [1.29, 1.82) is 0 Å². The minimum atomic E-state index is -0.294. The number of aromatic nitrogens is 1. The maximum atomic E-state index is 13.2. The van der Waals surface area contributed by atoms with Crippen LogP contribution in [0.5, 0.6) is 11.5 Å². The predicted octanol–water partition coefficient (Wildman–Crippen LogP) is 4.65. The lowest BCUT2D eigenvalue weighted by atomic mass is 10.2. The minimum Gasteiger partial charge on any atom is -0.454 e. The summed E-state index contributed by atoms with van der Waals surface area (Å²) < 4.78 is 24.1. The molecule has 0 unspecified atom stereocenters. The van der Waals surface area contributed by atoms with Crippen molar-refractivity contribution in [3.8, 4) is 22.1 Å². The summed E-state index contributed by atoms with van der Waals surface area (Å²) in [5.41, 5.74) is 3.11. The van der Waals surface area contributed by atoms with Gasteiger partial charge in [-0.1, -0.05) is 17.7 Å². The number of hydrogen-bond acceptors (Lipinski definition) is 6. The molecule has 156 valence electrons. The van der Waals surface area contributed by atoms with E-state index in [0.29, 0.717) is 5.02 Å². The molecule has 5 nitrogen and oxygen atoms in total. The van der Waals surface area contributed by atoms with Crippen LogP contribution < -0.4 is 9.47 Å². The number of rotatable bonds is 5. The summed E-state index contributed by atoms with van der Waals surface area (Å²) >= 11 is 7.82. The molecule has 2 aliphatic rings. The van der Waals surface area contributed by atoms with Crippen LogP contribution in [0, 0.1) is 5.82 Å². The van der Waals surface area contributed by atoms with Crippen LogP contribution in [0.25, 0.3) is 10.6 Å². The Morgan fingerprint density at radius 2 is 1.73 bits per heavy atom. The van der Waals surface area contributed by atoms with Crippen LogP contribution in [0.2, 0.25) is 5.02 Å². The minimum absolute atomic E-state index is 0.279. The number of halogens is 2. The first kappa shape index (κ1) is 19.8. The van der Waals surface area contributed by atoms with Crippen LogP contribution in [0.1, 0.15) is 11.3 Å². The zero-order chi connectivity index (χ0) is 20.5. The molecule has 3 aromatic rings. The van der Waals surface area contributed by atoms with Crippen LogP contribution in [-0.4, -0.2) is 47.8 Å². The highest BCUT2D eigenvalue weighted by Gasteiger charge is 2.20. The summed E-state index contributed by atoms with van der Waals surface area (Å²) in [6.45, 7) is 5.70. The van der Waals surface area contributed by atoms with Crippen LogP contribution in [0.4, 0.5) is 4.39 Å². The highest BCUT2D eigenvalue weighted by molar-refractivity contribution is 7.13. The molecule has 0 spiro atoms. The second-order valence-corrected chi connectivity index (χ2v) is 8.77. The molecule has 1 fully saturated rings. The molecule has 0 bridgehead atoms. The van der Waals surface area contributed by atoms with Crippen LogP contribution >= 0.6 is 22.9 Å². The second kappa shape index (κ2) is 8.51. The Kier molecular flexibility index (Phi) is 5.60. The van der Waals surface area contributed by atoms with Crippen LogP contribution in [0.3, 0.4) is 0 Å². The van der Waals surface area contributed by atoms with Gasteiger partial charge >= 0.3 is 0 Å².